The molecule has 1 heterocycles. The molecule has 0 aliphatic rings. The second kappa shape index (κ2) is 7.09. The van der Waals surface area contributed by atoms with E-state index in [-0.39, 0.29) is 6.61 Å². The predicted molar refractivity (Wildman–Crippen MR) is 84.9 cm³/mol. The Balaban J connectivity index is 2.12. The summed E-state index contributed by atoms with van der Waals surface area (Å²) >= 11 is 0. The lowest BCUT2D eigenvalue weighted by Crippen LogP contribution is -2.10. The first-order valence-electron chi connectivity index (χ1n) is 7.16. The van der Waals surface area contributed by atoms with Gasteiger partial charge in [0, 0.05) is 0 Å². The van der Waals surface area contributed by atoms with E-state index in [0.717, 1.165) is 17.1 Å². The molecule has 0 N–H and O–H groups in total. The average Bonchev–Trinajstić information content (AvgIpc) is 2.55. The van der Waals surface area contributed by atoms with Gasteiger partial charge in [-0.15, -0.1) is 0 Å². The van der Waals surface area contributed by atoms with Gasteiger partial charge in [-0.25, -0.2) is 4.79 Å². The number of carbonyl (C=O) groups excluding carboxylic acids is 1. The number of nitrogens with zero attached hydrogens (tertiary/aromatic N) is 2. The molecule has 2 aromatic rings. The van der Waals surface area contributed by atoms with Crippen LogP contribution in [0.2, 0.25) is 0 Å². The molecule has 0 radical (unpaired) electrons. The summed E-state index contributed by atoms with van der Waals surface area (Å²) in [6.07, 6.45) is 0. The first-order valence-corrected chi connectivity index (χ1v) is 7.16. The maximum absolute atomic E-state index is 12.2. The fourth-order valence-electron chi connectivity index (χ4n) is 2.08. The topological polar surface area (TPSA) is 70.5 Å². The molecule has 23 heavy (non-hydrogen) atoms. The van der Waals surface area contributed by atoms with Crippen molar-refractivity contribution in [3.05, 3.63) is 46.5 Å². The Bertz CT molecular complexity index is 729. The van der Waals surface area contributed by atoms with Gasteiger partial charge in [0.1, 0.15) is 6.61 Å². The quantitative estimate of drug-likeness (QED) is 0.790. The van der Waals surface area contributed by atoms with Crippen molar-refractivity contribution in [1.29, 1.82) is 0 Å². The van der Waals surface area contributed by atoms with Crippen LogP contribution in [0.4, 0.5) is 0 Å². The third-order valence-corrected chi connectivity index (χ3v) is 3.54. The molecule has 6 nitrogen and oxygen atoms in total. The number of aryl methyl sites for hydroxylation is 3. The van der Waals surface area contributed by atoms with Gasteiger partial charge in [0.2, 0.25) is 0 Å². The number of benzene rings is 1. The highest BCUT2D eigenvalue weighted by Crippen LogP contribution is 2.27. The number of esters is 1. The average molecular weight is 316 g/mol. The summed E-state index contributed by atoms with van der Waals surface area (Å²) in [6, 6.07) is 4.87. The maximum atomic E-state index is 12.2. The Morgan fingerprint density at radius 2 is 1.61 bits per heavy atom. The summed E-state index contributed by atoms with van der Waals surface area (Å²) in [5.41, 5.74) is 3.50. The minimum absolute atomic E-state index is 0.0765. The summed E-state index contributed by atoms with van der Waals surface area (Å²) in [5.74, 6) is 0.578. The smallest absolute Gasteiger partial charge is 0.338 e. The Hall–Kier alpha value is -2.63. The van der Waals surface area contributed by atoms with Crippen molar-refractivity contribution in [3.8, 4) is 11.5 Å². The first kappa shape index (κ1) is 16.7. The molecule has 1 aromatic carbocycles. The molecule has 0 saturated carbocycles. The van der Waals surface area contributed by atoms with Gasteiger partial charge in [0.05, 0.1) is 42.6 Å². The minimum Gasteiger partial charge on any atom is -0.493 e. The second-order valence-corrected chi connectivity index (χ2v) is 5.07. The van der Waals surface area contributed by atoms with Gasteiger partial charge in [0.25, 0.3) is 0 Å². The van der Waals surface area contributed by atoms with E-state index in [1.54, 1.807) is 18.2 Å². The molecule has 122 valence electrons. The van der Waals surface area contributed by atoms with Crippen LogP contribution < -0.4 is 9.47 Å². The maximum Gasteiger partial charge on any atom is 0.338 e. The Labute approximate surface area is 135 Å². The lowest BCUT2D eigenvalue weighted by Gasteiger charge is -2.11. The monoisotopic (exact) mass is 316 g/mol. The molecule has 0 bridgehead atoms. The van der Waals surface area contributed by atoms with Crippen molar-refractivity contribution in [2.45, 2.75) is 27.4 Å². The van der Waals surface area contributed by atoms with E-state index >= 15 is 0 Å². The van der Waals surface area contributed by atoms with Gasteiger partial charge < -0.3 is 14.2 Å². The summed E-state index contributed by atoms with van der Waals surface area (Å²) in [4.78, 5) is 21.0. The lowest BCUT2D eigenvalue weighted by atomic mass is 10.2. The van der Waals surface area contributed by atoms with E-state index in [1.165, 1.54) is 14.2 Å². The summed E-state index contributed by atoms with van der Waals surface area (Å²) < 4.78 is 15.7. The molecule has 0 aliphatic heterocycles. The van der Waals surface area contributed by atoms with E-state index in [4.69, 9.17) is 14.2 Å². The van der Waals surface area contributed by atoms with Gasteiger partial charge in [-0.2, -0.15) is 0 Å². The molecular weight excluding hydrogens is 296 g/mol. The number of methoxy groups -OCH3 is 2. The van der Waals surface area contributed by atoms with Crippen molar-refractivity contribution in [2.24, 2.45) is 0 Å². The Morgan fingerprint density at radius 3 is 2.26 bits per heavy atom. The number of rotatable bonds is 5. The van der Waals surface area contributed by atoms with Crippen LogP contribution in [0.25, 0.3) is 0 Å². The summed E-state index contributed by atoms with van der Waals surface area (Å²) in [7, 11) is 3.05. The van der Waals surface area contributed by atoms with Gasteiger partial charge in [-0.1, -0.05) is 0 Å². The summed E-state index contributed by atoms with van der Waals surface area (Å²) in [6.45, 7) is 5.70. The van der Waals surface area contributed by atoms with Crippen LogP contribution in [0.5, 0.6) is 11.5 Å². The molecule has 0 atom stereocenters. The largest absolute Gasteiger partial charge is 0.493 e. The molecule has 6 heteroatoms. The lowest BCUT2D eigenvalue weighted by molar-refractivity contribution is 0.0466. The second-order valence-electron chi connectivity index (χ2n) is 5.07. The van der Waals surface area contributed by atoms with E-state index in [2.05, 4.69) is 9.97 Å². The normalized spacial score (nSPS) is 10.3. The SMILES string of the molecule is COc1ccc(C(=O)OCc2nc(C)c(C)nc2C)cc1OC. The predicted octanol–water partition coefficient (Wildman–Crippen LogP) is 2.78. The Morgan fingerprint density at radius 1 is 0.957 bits per heavy atom. The van der Waals surface area contributed by atoms with Gasteiger partial charge in [0.15, 0.2) is 11.5 Å². The molecular formula is C17H20N2O4. The standard InChI is InChI=1S/C17H20N2O4/c1-10-11(2)19-14(12(3)18-10)9-23-17(20)13-6-7-15(21-4)16(8-13)22-5/h6-8H,9H2,1-5H3. The molecule has 0 saturated heterocycles. The Kier molecular flexibility index (Phi) is 5.16. The van der Waals surface area contributed by atoms with E-state index in [1.807, 2.05) is 20.8 Å². The molecule has 0 unspecified atom stereocenters. The van der Waals surface area contributed by atoms with Crippen LogP contribution in [-0.4, -0.2) is 30.2 Å². The highest BCUT2D eigenvalue weighted by molar-refractivity contribution is 5.90. The molecule has 1 aromatic heterocycles. The van der Waals surface area contributed by atoms with Crippen molar-refractivity contribution >= 4 is 5.97 Å². The summed E-state index contributed by atoms with van der Waals surface area (Å²) in [5, 5.41) is 0. The van der Waals surface area contributed by atoms with Crippen molar-refractivity contribution in [3.63, 3.8) is 0 Å². The van der Waals surface area contributed by atoms with Crippen LogP contribution in [0.1, 0.15) is 33.1 Å². The van der Waals surface area contributed by atoms with Crippen LogP contribution in [-0.2, 0) is 11.3 Å². The van der Waals surface area contributed by atoms with Crippen LogP contribution in [0.15, 0.2) is 18.2 Å². The third kappa shape index (κ3) is 3.77. The molecule has 0 aliphatic carbocycles. The highest BCUT2D eigenvalue weighted by Gasteiger charge is 2.14. The van der Waals surface area contributed by atoms with Crippen LogP contribution in [0, 0.1) is 20.8 Å². The zero-order valence-corrected chi connectivity index (χ0v) is 14.0. The van der Waals surface area contributed by atoms with E-state index in [9.17, 15) is 4.79 Å². The molecule has 0 fully saturated rings. The number of ether oxygens (including phenoxy) is 3. The number of carbonyl (C=O) groups is 1. The van der Waals surface area contributed by atoms with E-state index < -0.39 is 5.97 Å². The minimum atomic E-state index is -0.453. The first-order chi connectivity index (χ1) is 11.0. The fourth-order valence-corrected chi connectivity index (χ4v) is 2.08. The van der Waals surface area contributed by atoms with Gasteiger partial charge in [-0.3, -0.25) is 9.97 Å². The van der Waals surface area contributed by atoms with Gasteiger partial charge in [-0.05, 0) is 39.0 Å². The van der Waals surface area contributed by atoms with Crippen molar-refractivity contribution < 1.29 is 19.0 Å². The zero-order valence-electron chi connectivity index (χ0n) is 14.0. The number of hydrogen-bond acceptors (Lipinski definition) is 6. The molecule has 0 spiro atoms. The van der Waals surface area contributed by atoms with Crippen LogP contribution >= 0.6 is 0 Å². The third-order valence-electron chi connectivity index (χ3n) is 3.54. The number of aromatic nitrogens is 2. The van der Waals surface area contributed by atoms with Crippen LogP contribution in [0.3, 0.4) is 0 Å². The molecule has 0 amide bonds. The van der Waals surface area contributed by atoms with Crippen molar-refractivity contribution in [1.82, 2.24) is 9.97 Å². The zero-order chi connectivity index (χ0) is 17.0. The highest BCUT2D eigenvalue weighted by atomic mass is 16.5. The van der Waals surface area contributed by atoms with Crippen molar-refractivity contribution in [2.75, 3.05) is 14.2 Å². The fraction of sp³-hybridized carbons (Fsp3) is 0.353. The van der Waals surface area contributed by atoms with E-state index in [0.29, 0.717) is 22.8 Å². The van der Waals surface area contributed by atoms with Gasteiger partial charge >= 0.3 is 5.97 Å². The molecule has 2 rings (SSSR count). The number of hydrogen-bond donors (Lipinski definition) is 0.